The number of hydrogen-bond acceptors (Lipinski definition) is 10. The summed E-state index contributed by atoms with van der Waals surface area (Å²) in [6.45, 7) is 8.79. The smallest absolute Gasteiger partial charge is 0.330 e. The number of Topliss-reactive ketones (excluding diaryl/α,β-unsaturated/α-hetero) is 1. The quantitative estimate of drug-likeness (QED) is 0.227. The molecule has 3 aromatic rings. The summed E-state index contributed by atoms with van der Waals surface area (Å²) in [5.41, 5.74) is 8.44. The lowest BCUT2D eigenvalue weighted by Gasteiger charge is -2.27. The number of nitrogens with two attached hydrogens (primary N) is 1. The van der Waals surface area contributed by atoms with Crippen LogP contribution in [-0.2, 0) is 14.3 Å². The van der Waals surface area contributed by atoms with E-state index in [0.29, 0.717) is 54.1 Å². The molecule has 0 spiro atoms. The second-order valence-corrected chi connectivity index (χ2v) is 10.8. The molecule has 0 bridgehead atoms. The van der Waals surface area contributed by atoms with Gasteiger partial charge in [0.05, 0.1) is 19.5 Å². The number of esters is 1. The third-order valence-electron chi connectivity index (χ3n) is 7.81. The van der Waals surface area contributed by atoms with Crippen molar-refractivity contribution >= 4 is 17.7 Å². The van der Waals surface area contributed by atoms with Gasteiger partial charge in [-0.05, 0) is 56.8 Å². The Morgan fingerprint density at radius 2 is 1.62 bits per heavy atom. The summed E-state index contributed by atoms with van der Waals surface area (Å²) in [7, 11) is 1.35. The summed E-state index contributed by atoms with van der Waals surface area (Å²) >= 11 is 0. The van der Waals surface area contributed by atoms with Crippen LogP contribution in [0.25, 0.3) is 22.5 Å². The van der Waals surface area contributed by atoms with E-state index in [9.17, 15) is 14.4 Å². The fraction of sp³-hybridized carbons (Fsp3) is 0.552. The van der Waals surface area contributed by atoms with Crippen molar-refractivity contribution in [1.82, 2.24) is 40.2 Å². The van der Waals surface area contributed by atoms with E-state index >= 15 is 0 Å². The van der Waals surface area contributed by atoms with E-state index in [1.807, 2.05) is 24.8 Å². The third kappa shape index (κ3) is 7.08. The van der Waals surface area contributed by atoms with Gasteiger partial charge in [-0.2, -0.15) is 0 Å². The number of nitrogens with zero attached hydrogens (tertiary/aromatic N) is 7. The van der Waals surface area contributed by atoms with Crippen LogP contribution in [0.15, 0.2) is 30.6 Å². The molecule has 0 radical (unpaired) electrons. The summed E-state index contributed by atoms with van der Waals surface area (Å²) in [6.07, 6.45) is 6.27. The Bertz CT molecular complexity index is 1380. The largest absolute Gasteiger partial charge is 0.467 e. The fourth-order valence-electron chi connectivity index (χ4n) is 5.25. The zero-order valence-corrected chi connectivity index (χ0v) is 24.8. The molecule has 3 heterocycles. The molecule has 1 saturated heterocycles. The van der Waals surface area contributed by atoms with Crippen LogP contribution in [0, 0.1) is 5.92 Å². The topological polar surface area (TPSA) is 163 Å². The van der Waals surface area contributed by atoms with Gasteiger partial charge in [-0.15, -0.1) is 10.2 Å². The van der Waals surface area contributed by atoms with Crippen LogP contribution in [0.5, 0.6) is 0 Å². The van der Waals surface area contributed by atoms with E-state index in [-0.39, 0.29) is 17.6 Å². The maximum atomic E-state index is 13.6. The number of methoxy groups -OCH3 is 1. The first-order valence-electron chi connectivity index (χ1n) is 14.5. The van der Waals surface area contributed by atoms with E-state index in [0.717, 1.165) is 32.4 Å². The lowest BCUT2D eigenvalue weighted by Crippen LogP contribution is -2.46. The second-order valence-electron chi connectivity index (χ2n) is 10.8. The molecule has 226 valence electrons. The molecule has 1 fully saturated rings. The van der Waals surface area contributed by atoms with E-state index in [1.165, 1.54) is 11.8 Å². The summed E-state index contributed by atoms with van der Waals surface area (Å²) in [6, 6.07) is 4.37. The van der Waals surface area contributed by atoms with E-state index in [1.54, 1.807) is 36.1 Å². The minimum Gasteiger partial charge on any atom is -0.467 e. The lowest BCUT2D eigenvalue weighted by molar-refractivity contribution is -0.145. The highest BCUT2D eigenvalue weighted by atomic mass is 16.5. The fourth-order valence-corrected chi connectivity index (χ4v) is 5.25. The van der Waals surface area contributed by atoms with Gasteiger partial charge in [0.15, 0.2) is 11.8 Å². The third-order valence-corrected chi connectivity index (χ3v) is 7.81. The van der Waals surface area contributed by atoms with Crippen LogP contribution < -0.4 is 11.1 Å². The maximum absolute atomic E-state index is 13.6. The predicted molar refractivity (Wildman–Crippen MR) is 156 cm³/mol. The number of hydrogen-bond donors (Lipinski definition) is 2. The Labute approximate surface area is 245 Å². The van der Waals surface area contributed by atoms with Crippen LogP contribution in [0.2, 0.25) is 0 Å². The summed E-state index contributed by atoms with van der Waals surface area (Å²) in [5, 5.41) is 20.5. The van der Waals surface area contributed by atoms with Gasteiger partial charge in [0.1, 0.15) is 17.4 Å². The van der Waals surface area contributed by atoms with Crippen molar-refractivity contribution in [2.24, 2.45) is 11.7 Å². The maximum Gasteiger partial charge on any atom is 0.330 e. The number of unbranched alkanes of at least 4 members (excludes halogenated alkanes) is 1. The van der Waals surface area contributed by atoms with Crippen molar-refractivity contribution < 1.29 is 19.1 Å². The minimum atomic E-state index is -0.642. The van der Waals surface area contributed by atoms with Crippen molar-refractivity contribution in [3.05, 3.63) is 36.2 Å². The van der Waals surface area contributed by atoms with Gasteiger partial charge in [0.25, 0.3) is 5.91 Å². The van der Waals surface area contributed by atoms with Gasteiger partial charge < -0.3 is 20.7 Å². The van der Waals surface area contributed by atoms with Crippen molar-refractivity contribution in [1.29, 1.82) is 0 Å². The van der Waals surface area contributed by atoms with Crippen LogP contribution in [0.3, 0.4) is 0 Å². The number of benzene rings is 1. The van der Waals surface area contributed by atoms with Crippen LogP contribution in [-0.4, -0.2) is 92.4 Å². The van der Waals surface area contributed by atoms with Crippen molar-refractivity contribution in [3.63, 3.8) is 0 Å². The van der Waals surface area contributed by atoms with E-state index < -0.39 is 18.1 Å². The number of piperazine rings is 1. The van der Waals surface area contributed by atoms with Crippen LogP contribution in [0.1, 0.15) is 68.9 Å². The molecule has 1 aliphatic rings. The molecule has 13 heteroatoms. The van der Waals surface area contributed by atoms with Crippen molar-refractivity contribution in [3.8, 4) is 22.5 Å². The normalized spacial score (nSPS) is 15.7. The highest BCUT2D eigenvalue weighted by Crippen LogP contribution is 2.30. The predicted octanol–water partition coefficient (Wildman–Crippen LogP) is 2.27. The number of carbonyl (C=O) groups excluding carboxylic acids is 3. The van der Waals surface area contributed by atoms with Gasteiger partial charge in [-0.1, -0.05) is 30.7 Å². The van der Waals surface area contributed by atoms with Gasteiger partial charge >= 0.3 is 5.97 Å². The summed E-state index contributed by atoms with van der Waals surface area (Å²) < 4.78 is 8.12. The van der Waals surface area contributed by atoms with E-state index in [4.69, 9.17) is 10.5 Å². The van der Waals surface area contributed by atoms with Crippen LogP contribution >= 0.6 is 0 Å². The molecule has 4 rings (SSSR count). The standard InChI is InChI=1S/C29H41N9O4/c1-5-19(2)27(20(3)39)38-18-25(33-35-38)22-14-21(15-23(16-22)28(40)36-12-10-31-11-13-36)24-17-37(34-32-24)26(29(41)42-4)8-6-7-9-30/h14-19,26-27,31H,5-13,30H2,1-4H3/t19?,26-,27-/m0/s1. The molecule has 42 heavy (non-hydrogen) atoms. The Kier molecular flexibility index (Phi) is 10.5. The zero-order valence-electron chi connectivity index (χ0n) is 24.8. The number of carbonyl (C=O) groups is 3. The lowest BCUT2D eigenvalue weighted by atomic mass is 9.96. The Morgan fingerprint density at radius 1 is 1.00 bits per heavy atom. The molecule has 3 atom stereocenters. The van der Waals surface area contributed by atoms with Crippen LogP contribution in [0.4, 0.5) is 0 Å². The first kappa shape index (κ1) is 31.0. The minimum absolute atomic E-state index is 0.00682. The van der Waals surface area contributed by atoms with Crippen molar-refractivity contribution in [2.45, 2.75) is 58.5 Å². The average molecular weight is 580 g/mol. The van der Waals surface area contributed by atoms with Gasteiger partial charge in [-0.3, -0.25) is 9.59 Å². The molecule has 0 aliphatic carbocycles. The molecular formula is C29H41N9O4. The average Bonchev–Trinajstić information content (AvgIpc) is 3.69. The molecular weight excluding hydrogens is 538 g/mol. The molecule has 3 N–H and O–H groups in total. The molecule has 13 nitrogen and oxygen atoms in total. The number of ether oxygens (including phenoxy) is 1. The second kappa shape index (κ2) is 14.3. The van der Waals surface area contributed by atoms with E-state index in [2.05, 4.69) is 25.9 Å². The molecule has 1 amide bonds. The van der Waals surface area contributed by atoms with Crippen molar-refractivity contribution in [2.75, 3.05) is 39.8 Å². The number of nitrogens with one attached hydrogen (secondary N) is 1. The molecule has 1 aromatic carbocycles. The summed E-state index contributed by atoms with van der Waals surface area (Å²) in [5.74, 6) is -0.428. The molecule has 0 saturated carbocycles. The Morgan fingerprint density at radius 3 is 2.19 bits per heavy atom. The Hall–Kier alpha value is -3.97. The first-order chi connectivity index (χ1) is 20.3. The number of amides is 1. The van der Waals surface area contributed by atoms with Gasteiger partial charge in [0.2, 0.25) is 0 Å². The monoisotopic (exact) mass is 579 g/mol. The van der Waals surface area contributed by atoms with Gasteiger partial charge in [0, 0.05) is 42.9 Å². The molecule has 2 aromatic heterocycles. The molecule has 1 aliphatic heterocycles. The first-order valence-corrected chi connectivity index (χ1v) is 14.5. The van der Waals surface area contributed by atoms with Gasteiger partial charge in [-0.25, -0.2) is 14.2 Å². The summed E-state index contributed by atoms with van der Waals surface area (Å²) in [4.78, 5) is 40.4. The number of ketones is 1. The highest BCUT2D eigenvalue weighted by molar-refractivity contribution is 5.97. The molecule has 1 unspecified atom stereocenters. The SMILES string of the molecule is CCC(C)[C@@H](C(C)=O)n1cc(-c2cc(C(=O)N3CCNCC3)cc(-c3cn([C@@H](CCCCN)C(=O)OC)nn3)c2)nn1. The number of rotatable bonds is 13. The highest BCUT2D eigenvalue weighted by Gasteiger charge is 2.26. The zero-order chi connectivity index (χ0) is 30.2. The Balaban J connectivity index is 1.74. The number of aromatic nitrogens is 6.